The Hall–Kier alpha value is -3.26. The van der Waals surface area contributed by atoms with Gasteiger partial charge in [0.15, 0.2) is 0 Å². The van der Waals surface area contributed by atoms with Crippen LogP contribution in [0.4, 0.5) is 17.2 Å². The van der Waals surface area contributed by atoms with E-state index in [-0.39, 0.29) is 18.2 Å². The topological polar surface area (TPSA) is 87.1 Å². The number of rotatable bonds is 4. The smallest absolute Gasteiger partial charge is 0.271 e. The van der Waals surface area contributed by atoms with Gasteiger partial charge < -0.3 is 15.0 Å². The number of aromatic nitrogens is 1. The monoisotopic (exact) mass is 379 g/mol. The first-order chi connectivity index (χ1) is 13.7. The molecular formula is C20H21N5O3. The number of para-hydroxylation sites is 1. The molecule has 8 heteroatoms. The second kappa shape index (κ2) is 8.18. The van der Waals surface area contributed by atoms with Crippen molar-refractivity contribution in [2.75, 3.05) is 41.5 Å². The molecule has 1 N–H and O–H groups in total. The van der Waals surface area contributed by atoms with E-state index >= 15 is 0 Å². The number of carbonyl (C=O) groups excluding carboxylic acids is 2. The summed E-state index contributed by atoms with van der Waals surface area (Å²) in [6.45, 7) is 2.99. The number of carbonyl (C=O) groups is 2. The number of ether oxygens (including phenoxy) is 1. The first-order valence-corrected chi connectivity index (χ1v) is 9.26. The van der Waals surface area contributed by atoms with Gasteiger partial charge in [0.25, 0.3) is 5.91 Å². The van der Waals surface area contributed by atoms with Crippen molar-refractivity contribution >= 4 is 34.7 Å². The van der Waals surface area contributed by atoms with Crippen LogP contribution in [-0.2, 0) is 14.3 Å². The molecule has 0 atom stereocenters. The molecule has 2 amide bonds. The molecule has 1 aromatic carbocycles. The lowest BCUT2D eigenvalue weighted by Crippen LogP contribution is -2.37. The van der Waals surface area contributed by atoms with Crippen LogP contribution in [0.1, 0.15) is 12.8 Å². The summed E-state index contributed by atoms with van der Waals surface area (Å²) in [6.07, 6.45) is 2.19. The number of anilines is 3. The summed E-state index contributed by atoms with van der Waals surface area (Å²) in [7, 11) is 0. The van der Waals surface area contributed by atoms with Crippen LogP contribution in [0, 0.1) is 0 Å². The van der Waals surface area contributed by atoms with E-state index in [1.807, 2.05) is 30.3 Å². The number of benzene rings is 1. The van der Waals surface area contributed by atoms with Crippen molar-refractivity contribution in [3.8, 4) is 0 Å². The van der Waals surface area contributed by atoms with E-state index in [2.05, 4.69) is 20.3 Å². The van der Waals surface area contributed by atoms with E-state index in [4.69, 9.17) is 4.74 Å². The number of nitrogens with zero attached hydrogens (tertiary/aromatic N) is 4. The van der Waals surface area contributed by atoms with Crippen LogP contribution < -0.4 is 15.2 Å². The third kappa shape index (κ3) is 4.01. The third-order valence-electron chi connectivity index (χ3n) is 4.64. The van der Waals surface area contributed by atoms with E-state index in [9.17, 15) is 9.59 Å². The molecule has 0 spiro atoms. The molecule has 4 rings (SSSR count). The number of nitrogens with one attached hydrogen (secondary N) is 1. The predicted octanol–water partition coefficient (Wildman–Crippen LogP) is 2.04. The SMILES string of the molecule is O=C(Nc1ccc(N2CCOCC2)nc1)C1=NN(c2ccccc2)C(=O)CC1. The van der Waals surface area contributed by atoms with Crippen molar-refractivity contribution in [1.29, 1.82) is 0 Å². The summed E-state index contributed by atoms with van der Waals surface area (Å²) in [5.74, 6) is 0.408. The average molecular weight is 379 g/mol. The highest BCUT2D eigenvalue weighted by Gasteiger charge is 2.25. The molecule has 2 aromatic rings. The first kappa shape index (κ1) is 18.1. The Morgan fingerprint density at radius 2 is 1.82 bits per heavy atom. The van der Waals surface area contributed by atoms with Gasteiger partial charge in [0.2, 0.25) is 5.91 Å². The second-order valence-corrected chi connectivity index (χ2v) is 6.55. The Labute approximate surface area is 162 Å². The highest BCUT2D eigenvalue weighted by molar-refractivity contribution is 6.44. The zero-order chi connectivity index (χ0) is 19.3. The van der Waals surface area contributed by atoms with Crippen molar-refractivity contribution in [2.24, 2.45) is 5.10 Å². The van der Waals surface area contributed by atoms with Gasteiger partial charge in [0.05, 0.1) is 30.8 Å². The fourth-order valence-electron chi connectivity index (χ4n) is 3.13. The van der Waals surface area contributed by atoms with Crippen molar-refractivity contribution in [1.82, 2.24) is 4.98 Å². The van der Waals surface area contributed by atoms with Gasteiger partial charge in [-0.15, -0.1) is 0 Å². The predicted molar refractivity (Wildman–Crippen MR) is 106 cm³/mol. The second-order valence-electron chi connectivity index (χ2n) is 6.55. The maximum Gasteiger partial charge on any atom is 0.271 e. The van der Waals surface area contributed by atoms with E-state index in [1.54, 1.807) is 18.3 Å². The number of pyridine rings is 1. The number of hydrogen-bond acceptors (Lipinski definition) is 6. The minimum atomic E-state index is -0.325. The summed E-state index contributed by atoms with van der Waals surface area (Å²) < 4.78 is 5.35. The fourth-order valence-corrected chi connectivity index (χ4v) is 3.13. The normalized spacial score (nSPS) is 17.3. The van der Waals surface area contributed by atoms with Gasteiger partial charge in [-0.05, 0) is 24.3 Å². The molecular weight excluding hydrogens is 358 g/mol. The van der Waals surface area contributed by atoms with Gasteiger partial charge in [0, 0.05) is 25.9 Å². The van der Waals surface area contributed by atoms with Crippen LogP contribution in [0.25, 0.3) is 0 Å². The quantitative estimate of drug-likeness (QED) is 0.878. The molecule has 1 saturated heterocycles. The zero-order valence-corrected chi connectivity index (χ0v) is 15.4. The van der Waals surface area contributed by atoms with Gasteiger partial charge >= 0.3 is 0 Å². The fraction of sp³-hybridized carbons (Fsp3) is 0.300. The molecule has 0 bridgehead atoms. The van der Waals surface area contributed by atoms with Gasteiger partial charge in [-0.25, -0.2) is 9.99 Å². The lowest BCUT2D eigenvalue weighted by Gasteiger charge is -2.27. The number of hydrazone groups is 1. The van der Waals surface area contributed by atoms with E-state index in [1.165, 1.54) is 5.01 Å². The summed E-state index contributed by atoms with van der Waals surface area (Å²) >= 11 is 0. The van der Waals surface area contributed by atoms with Crippen molar-refractivity contribution in [3.63, 3.8) is 0 Å². The summed E-state index contributed by atoms with van der Waals surface area (Å²) in [4.78, 5) is 31.3. The lowest BCUT2D eigenvalue weighted by atomic mass is 10.1. The lowest BCUT2D eigenvalue weighted by molar-refractivity contribution is -0.118. The van der Waals surface area contributed by atoms with E-state index < -0.39 is 0 Å². The van der Waals surface area contributed by atoms with Crippen LogP contribution in [0.5, 0.6) is 0 Å². The van der Waals surface area contributed by atoms with Crippen LogP contribution in [-0.4, -0.2) is 48.8 Å². The highest BCUT2D eigenvalue weighted by atomic mass is 16.5. The molecule has 1 fully saturated rings. The molecule has 8 nitrogen and oxygen atoms in total. The van der Waals surface area contributed by atoms with Crippen molar-refractivity contribution in [2.45, 2.75) is 12.8 Å². The van der Waals surface area contributed by atoms with Crippen LogP contribution in [0.2, 0.25) is 0 Å². The molecule has 0 radical (unpaired) electrons. The molecule has 28 heavy (non-hydrogen) atoms. The number of hydrogen-bond donors (Lipinski definition) is 1. The molecule has 2 aliphatic rings. The Bertz CT molecular complexity index is 876. The summed E-state index contributed by atoms with van der Waals surface area (Å²) in [5, 5.41) is 8.37. The largest absolute Gasteiger partial charge is 0.378 e. The van der Waals surface area contributed by atoms with Crippen LogP contribution in [0.15, 0.2) is 53.8 Å². The number of morpholine rings is 1. The molecule has 2 aliphatic heterocycles. The van der Waals surface area contributed by atoms with Crippen molar-refractivity contribution in [3.05, 3.63) is 48.7 Å². The van der Waals surface area contributed by atoms with Gasteiger partial charge in [-0.3, -0.25) is 9.59 Å². The van der Waals surface area contributed by atoms with Gasteiger partial charge in [-0.1, -0.05) is 18.2 Å². The Morgan fingerprint density at radius 3 is 2.54 bits per heavy atom. The summed E-state index contributed by atoms with van der Waals surface area (Å²) in [5.41, 5.74) is 1.56. The minimum Gasteiger partial charge on any atom is -0.378 e. The van der Waals surface area contributed by atoms with Crippen molar-refractivity contribution < 1.29 is 14.3 Å². The molecule has 0 saturated carbocycles. The standard InChI is InChI=1S/C20H21N5O3/c26-19-9-7-17(23-25(19)16-4-2-1-3-5-16)20(27)22-15-6-8-18(21-14-15)24-10-12-28-13-11-24/h1-6,8,14H,7,9-13H2,(H,22,27). The Morgan fingerprint density at radius 1 is 1.04 bits per heavy atom. The van der Waals surface area contributed by atoms with Gasteiger partial charge in [-0.2, -0.15) is 5.10 Å². The summed E-state index contributed by atoms with van der Waals surface area (Å²) in [6, 6.07) is 12.8. The van der Waals surface area contributed by atoms with E-state index in [0.29, 0.717) is 36.7 Å². The van der Waals surface area contributed by atoms with Crippen LogP contribution in [0.3, 0.4) is 0 Å². The Balaban J connectivity index is 1.45. The molecule has 3 heterocycles. The van der Waals surface area contributed by atoms with E-state index in [0.717, 1.165) is 18.9 Å². The van der Waals surface area contributed by atoms with Crippen LogP contribution >= 0.6 is 0 Å². The van der Waals surface area contributed by atoms with Gasteiger partial charge in [0.1, 0.15) is 11.5 Å². The maximum atomic E-state index is 12.6. The molecule has 0 unspecified atom stereocenters. The highest BCUT2D eigenvalue weighted by Crippen LogP contribution is 2.21. The third-order valence-corrected chi connectivity index (χ3v) is 4.64. The number of amides is 2. The Kier molecular flexibility index (Phi) is 5.29. The molecule has 0 aliphatic carbocycles. The molecule has 1 aromatic heterocycles. The maximum absolute atomic E-state index is 12.6. The first-order valence-electron chi connectivity index (χ1n) is 9.26. The zero-order valence-electron chi connectivity index (χ0n) is 15.4. The average Bonchev–Trinajstić information content (AvgIpc) is 2.76. The minimum absolute atomic E-state index is 0.126. The molecule has 144 valence electrons.